The largest absolute Gasteiger partial charge is 0.387 e. The summed E-state index contributed by atoms with van der Waals surface area (Å²) in [6.45, 7) is 1.95. The van der Waals surface area contributed by atoms with Gasteiger partial charge in [0.1, 0.15) is 11.7 Å². The second kappa shape index (κ2) is 4.75. The number of hydrogen-bond acceptors (Lipinski definition) is 6. The van der Waals surface area contributed by atoms with Crippen LogP contribution in [0, 0.1) is 0 Å². The maximum Gasteiger partial charge on any atom is 0.115 e. The Kier molecular flexibility index (Phi) is 3.19. The lowest BCUT2D eigenvalue weighted by Gasteiger charge is -2.45. The molecule has 6 unspecified atom stereocenters. The molecule has 0 aromatic carbocycles. The third-order valence-corrected chi connectivity index (χ3v) is 4.80. The molecule has 3 saturated heterocycles. The van der Waals surface area contributed by atoms with Crippen LogP contribution in [0.5, 0.6) is 0 Å². The Morgan fingerprint density at radius 2 is 1.57 bits per heavy atom. The van der Waals surface area contributed by atoms with Crippen LogP contribution in [0.3, 0.4) is 0 Å². The Hall–Kier alpha value is -0.500. The number of rotatable bonds is 6. The average Bonchev–Trinajstić information content (AvgIpc) is 3.15. The Morgan fingerprint density at radius 3 is 2.14 bits per heavy atom. The Morgan fingerprint density at radius 1 is 1.00 bits per heavy atom. The van der Waals surface area contributed by atoms with Gasteiger partial charge in [-0.25, -0.2) is 0 Å². The van der Waals surface area contributed by atoms with Gasteiger partial charge < -0.3 is 29.5 Å². The highest BCUT2D eigenvalue weighted by Gasteiger charge is 2.55. The lowest BCUT2D eigenvalue weighted by Crippen LogP contribution is -2.59. The van der Waals surface area contributed by atoms with E-state index in [4.69, 9.17) is 14.2 Å². The van der Waals surface area contributed by atoms with Gasteiger partial charge in [0.05, 0.1) is 43.7 Å². The van der Waals surface area contributed by atoms with E-state index in [-0.39, 0.29) is 18.3 Å². The minimum Gasteiger partial charge on any atom is -0.387 e. The van der Waals surface area contributed by atoms with Crippen LogP contribution in [-0.4, -0.2) is 70.8 Å². The first-order chi connectivity index (χ1) is 9.97. The number of aliphatic hydroxyl groups excluding tert-OH is 1. The van der Waals surface area contributed by atoms with Gasteiger partial charge in [0.2, 0.25) is 0 Å². The van der Waals surface area contributed by atoms with E-state index in [1.54, 1.807) is 6.08 Å². The molecule has 118 valence electrons. The molecule has 3 fully saturated rings. The minimum atomic E-state index is -1.44. The predicted molar refractivity (Wildman–Crippen MR) is 71.7 cm³/mol. The highest BCUT2D eigenvalue weighted by Crippen LogP contribution is 2.44. The molecule has 3 heterocycles. The third-order valence-electron chi connectivity index (χ3n) is 4.80. The summed E-state index contributed by atoms with van der Waals surface area (Å²) in [5.41, 5.74) is -1.83. The smallest absolute Gasteiger partial charge is 0.115 e. The molecule has 6 heteroatoms. The van der Waals surface area contributed by atoms with E-state index in [1.807, 2.05) is 0 Å². The lowest BCUT2D eigenvalue weighted by atomic mass is 9.69. The van der Waals surface area contributed by atoms with Gasteiger partial charge in [-0.05, 0) is 6.42 Å². The SMILES string of the molecule is OC1C(O)(CC2CO2)C=C(CC2CO2)CC1(O)CC1CO1. The fraction of sp³-hybridized carbons (Fsp3) is 0.867. The van der Waals surface area contributed by atoms with E-state index < -0.39 is 17.3 Å². The van der Waals surface area contributed by atoms with Crippen molar-refractivity contribution in [3.63, 3.8) is 0 Å². The van der Waals surface area contributed by atoms with E-state index in [1.165, 1.54) is 0 Å². The molecular weight excluding hydrogens is 276 g/mol. The molecule has 4 rings (SSSR count). The van der Waals surface area contributed by atoms with Crippen molar-refractivity contribution in [1.29, 1.82) is 0 Å². The zero-order chi connectivity index (χ0) is 14.7. The van der Waals surface area contributed by atoms with Crippen LogP contribution in [0.15, 0.2) is 11.6 Å². The van der Waals surface area contributed by atoms with E-state index in [9.17, 15) is 15.3 Å². The normalized spacial score (nSPS) is 51.5. The second-order valence-electron chi connectivity index (χ2n) is 6.96. The molecule has 3 N–H and O–H groups in total. The molecule has 0 saturated carbocycles. The van der Waals surface area contributed by atoms with Gasteiger partial charge in [0, 0.05) is 19.3 Å². The highest BCUT2D eigenvalue weighted by atomic mass is 16.6. The van der Waals surface area contributed by atoms with Gasteiger partial charge in [-0.1, -0.05) is 11.6 Å². The molecule has 0 aromatic rings. The molecule has 1 aliphatic carbocycles. The molecule has 6 nitrogen and oxygen atoms in total. The van der Waals surface area contributed by atoms with Gasteiger partial charge >= 0.3 is 0 Å². The van der Waals surface area contributed by atoms with Crippen molar-refractivity contribution in [2.45, 2.75) is 61.3 Å². The summed E-state index contributed by atoms with van der Waals surface area (Å²) >= 11 is 0. The fourth-order valence-corrected chi connectivity index (χ4v) is 3.53. The summed E-state index contributed by atoms with van der Waals surface area (Å²) in [5.74, 6) is 0. The van der Waals surface area contributed by atoms with Crippen molar-refractivity contribution < 1.29 is 29.5 Å². The summed E-state index contributed by atoms with van der Waals surface area (Å²) < 4.78 is 15.6. The van der Waals surface area contributed by atoms with Crippen molar-refractivity contribution in [3.8, 4) is 0 Å². The van der Waals surface area contributed by atoms with Gasteiger partial charge in [-0.3, -0.25) is 0 Å². The first kappa shape index (κ1) is 14.1. The van der Waals surface area contributed by atoms with Gasteiger partial charge in [0.25, 0.3) is 0 Å². The molecule has 21 heavy (non-hydrogen) atoms. The summed E-state index contributed by atoms with van der Waals surface area (Å²) in [4.78, 5) is 0. The maximum absolute atomic E-state index is 10.9. The molecule has 0 amide bonds. The highest BCUT2D eigenvalue weighted by molar-refractivity contribution is 5.26. The standard InChI is InChI=1S/C15H22O6/c16-13-14(17,4-11-7-20-11)2-9(1-10-6-19-10)3-15(13,18)5-12-8-21-12/h2,10-13,16-18H,1,3-8H2. The average molecular weight is 298 g/mol. The van der Waals surface area contributed by atoms with Gasteiger partial charge in [0.15, 0.2) is 0 Å². The quantitative estimate of drug-likeness (QED) is 0.452. The van der Waals surface area contributed by atoms with Crippen LogP contribution in [0.2, 0.25) is 0 Å². The topological polar surface area (TPSA) is 98.3 Å². The van der Waals surface area contributed by atoms with E-state index in [0.717, 1.165) is 12.2 Å². The lowest BCUT2D eigenvalue weighted by molar-refractivity contribution is -0.169. The van der Waals surface area contributed by atoms with Crippen molar-refractivity contribution in [2.75, 3.05) is 19.8 Å². The molecule has 0 aromatic heterocycles. The maximum atomic E-state index is 10.9. The van der Waals surface area contributed by atoms with Crippen molar-refractivity contribution in [1.82, 2.24) is 0 Å². The Bertz CT molecular complexity index is 453. The van der Waals surface area contributed by atoms with Gasteiger partial charge in [-0.2, -0.15) is 0 Å². The zero-order valence-corrected chi connectivity index (χ0v) is 11.9. The third kappa shape index (κ3) is 3.02. The number of epoxide rings is 3. The first-order valence-electron chi connectivity index (χ1n) is 7.65. The number of hydrogen-bond donors (Lipinski definition) is 3. The summed E-state index contributed by atoms with van der Waals surface area (Å²) in [6, 6.07) is 0. The minimum absolute atomic E-state index is 0.0115. The second-order valence-corrected chi connectivity index (χ2v) is 6.96. The van der Waals surface area contributed by atoms with Crippen LogP contribution in [0.25, 0.3) is 0 Å². The monoisotopic (exact) mass is 298 g/mol. The predicted octanol–water partition coefficient (Wildman–Crippen LogP) is -0.494. The van der Waals surface area contributed by atoms with Gasteiger partial charge in [-0.15, -0.1) is 0 Å². The molecular formula is C15H22O6. The van der Waals surface area contributed by atoms with Crippen LogP contribution in [0.4, 0.5) is 0 Å². The van der Waals surface area contributed by atoms with Crippen molar-refractivity contribution in [2.24, 2.45) is 0 Å². The van der Waals surface area contributed by atoms with Crippen molar-refractivity contribution >= 4 is 0 Å². The Labute approximate surface area is 123 Å². The molecule has 0 bridgehead atoms. The molecule has 6 atom stereocenters. The summed E-state index contributed by atoms with van der Waals surface area (Å²) in [6.07, 6.45) is 2.39. The number of aliphatic hydroxyl groups is 3. The van der Waals surface area contributed by atoms with E-state index in [0.29, 0.717) is 38.9 Å². The molecule has 4 aliphatic rings. The molecule has 0 spiro atoms. The van der Waals surface area contributed by atoms with E-state index >= 15 is 0 Å². The molecule has 3 aliphatic heterocycles. The van der Waals surface area contributed by atoms with Crippen LogP contribution >= 0.6 is 0 Å². The molecule has 0 radical (unpaired) electrons. The van der Waals surface area contributed by atoms with E-state index in [2.05, 4.69) is 0 Å². The fourth-order valence-electron chi connectivity index (χ4n) is 3.53. The van der Waals surface area contributed by atoms with Crippen molar-refractivity contribution in [3.05, 3.63) is 11.6 Å². The summed E-state index contributed by atoms with van der Waals surface area (Å²) in [5, 5.41) is 32.4. The number of ether oxygens (including phenoxy) is 3. The van der Waals surface area contributed by atoms with Crippen LogP contribution in [-0.2, 0) is 14.2 Å². The Balaban J connectivity index is 1.58. The zero-order valence-electron chi connectivity index (χ0n) is 11.9. The van der Waals surface area contributed by atoms with Crippen LogP contribution in [0.1, 0.15) is 25.7 Å². The summed E-state index contributed by atoms with van der Waals surface area (Å²) in [7, 11) is 0. The van der Waals surface area contributed by atoms with Crippen LogP contribution < -0.4 is 0 Å². The first-order valence-corrected chi connectivity index (χ1v) is 7.65.